The van der Waals surface area contributed by atoms with Crippen LogP contribution in [0.1, 0.15) is 12.5 Å². The number of alkyl halides is 2. The number of ether oxygens (including phenoxy) is 1. The first-order valence-corrected chi connectivity index (χ1v) is 6.02. The second kappa shape index (κ2) is 8.94. The Morgan fingerprint density at radius 2 is 2.15 bits per heavy atom. The number of benzene rings is 1. The Balaban J connectivity index is 0.00000361. The molecule has 0 saturated heterocycles. The fourth-order valence-electron chi connectivity index (χ4n) is 1.36. The Bertz CT molecular complexity index is 447. The van der Waals surface area contributed by atoms with Gasteiger partial charge in [-0.1, -0.05) is 18.5 Å². The molecule has 0 heterocycles. The van der Waals surface area contributed by atoms with Crippen LogP contribution in [0.3, 0.4) is 0 Å². The topological polar surface area (TPSA) is 64.4 Å². The number of rotatable bonds is 6. The van der Waals surface area contributed by atoms with Gasteiger partial charge < -0.3 is 15.8 Å². The number of amides is 1. The number of carbonyl (C=O) groups excluding carboxylic acids is 1. The molecule has 0 aliphatic rings. The van der Waals surface area contributed by atoms with E-state index in [1.54, 1.807) is 6.92 Å². The van der Waals surface area contributed by atoms with Crippen molar-refractivity contribution in [1.29, 1.82) is 0 Å². The summed E-state index contributed by atoms with van der Waals surface area (Å²) < 4.78 is 28.8. The van der Waals surface area contributed by atoms with Crippen molar-refractivity contribution in [1.82, 2.24) is 5.32 Å². The van der Waals surface area contributed by atoms with Crippen LogP contribution in [0.4, 0.5) is 8.78 Å². The third-order valence-corrected chi connectivity index (χ3v) is 2.73. The molecular weight excluding hydrogens is 313 g/mol. The number of nitrogens with two attached hydrogens (primary N) is 1. The Hall–Kier alpha value is -1.11. The summed E-state index contributed by atoms with van der Waals surface area (Å²) in [6, 6.07) is 4.24. The predicted molar refractivity (Wildman–Crippen MR) is 75.4 cm³/mol. The maximum atomic E-state index is 12.2. The van der Waals surface area contributed by atoms with Gasteiger partial charge in [-0.3, -0.25) is 4.79 Å². The SMILES string of the molecule is CC(CN)C(=O)NCc1cc(Cl)ccc1OC(F)F.Cl. The van der Waals surface area contributed by atoms with Crippen molar-refractivity contribution in [3.05, 3.63) is 28.8 Å². The van der Waals surface area contributed by atoms with Crippen molar-refractivity contribution >= 4 is 29.9 Å². The molecule has 1 rings (SSSR count). The van der Waals surface area contributed by atoms with E-state index in [0.717, 1.165) is 0 Å². The molecule has 0 saturated carbocycles. The zero-order chi connectivity index (χ0) is 14.4. The Morgan fingerprint density at radius 3 is 2.70 bits per heavy atom. The molecule has 0 radical (unpaired) electrons. The van der Waals surface area contributed by atoms with Crippen molar-refractivity contribution in [2.24, 2.45) is 11.7 Å². The van der Waals surface area contributed by atoms with E-state index in [1.807, 2.05) is 0 Å². The Labute approximate surface area is 127 Å². The van der Waals surface area contributed by atoms with E-state index in [-0.39, 0.29) is 43.1 Å². The Morgan fingerprint density at radius 1 is 1.50 bits per heavy atom. The lowest BCUT2D eigenvalue weighted by Crippen LogP contribution is -2.32. The summed E-state index contributed by atoms with van der Waals surface area (Å²) in [5.74, 6) is -0.621. The van der Waals surface area contributed by atoms with Gasteiger partial charge in [0.05, 0.1) is 0 Å². The standard InChI is InChI=1S/C12H15ClF2N2O2.ClH/c1-7(5-16)11(18)17-6-8-4-9(13)2-3-10(8)19-12(14)15;/h2-4,7,12H,5-6,16H2,1H3,(H,17,18);1H. The van der Waals surface area contributed by atoms with Crippen LogP contribution in [0, 0.1) is 5.92 Å². The Kier molecular flexibility index (Phi) is 8.45. The summed E-state index contributed by atoms with van der Waals surface area (Å²) in [4.78, 5) is 11.6. The molecule has 3 N–H and O–H groups in total. The second-order valence-corrected chi connectivity index (χ2v) is 4.42. The molecule has 0 spiro atoms. The summed E-state index contributed by atoms with van der Waals surface area (Å²) in [7, 11) is 0. The van der Waals surface area contributed by atoms with E-state index in [9.17, 15) is 13.6 Å². The van der Waals surface area contributed by atoms with E-state index < -0.39 is 6.61 Å². The minimum Gasteiger partial charge on any atom is -0.434 e. The summed E-state index contributed by atoms with van der Waals surface area (Å²) in [5, 5.41) is 2.96. The average molecular weight is 329 g/mol. The highest BCUT2D eigenvalue weighted by Gasteiger charge is 2.13. The number of hydrogen-bond acceptors (Lipinski definition) is 3. The molecule has 1 aromatic rings. The van der Waals surface area contributed by atoms with Crippen LogP contribution < -0.4 is 15.8 Å². The maximum absolute atomic E-state index is 12.2. The van der Waals surface area contributed by atoms with Crippen molar-refractivity contribution < 1.29 is 18.3 Å². The largest absolute Gasteiger partial charge is 0.434 e. The minimum atomic E-state index is -2.93. The van der Waals surface area contributed by atoms with Crippen molar-refractivity contribution in [2.75, 3.05) is 6.54 Å². The van der Waals surface area contributed by atoms with Gasteiger partial charge in [0, 0.05) is 29.6 Å². The first kappa shape index (κ1) is 18.9. The van der Waals surface area contributed by atoms with E-state index in [2.05, 4.69) is 10.1 Å². The molecule has 8 heteroatoms. The molecule has 0 aliphatic heterocycles. The smallest absolute Gasteiger partial charge is 0.387 e. The number of carbonyl (C=O) groups is 1. The number of hydrogen-bond donors (Lipinski definition) is 2. The van der Waals surface area contributed by atoms with Gasteiger partial charge in [-0.25, -0.2) is 0 Å². The highest BCUT2D eigenvalue weighted by molar-refractivity contribution is 6.30. The normalized spacial score (nSPS) is 11.7. The zero-order valence-corrected chi connectivity index (χ0v) is 12.3. The van der Waals surface area contributed by atoms with Crippen LogP contribution >= 0.6 is 24.0 Å². The van der Waals surface area contributed by atoms with E-state index in [4.69, 9.17) is 17.3 Å². The van der Waals surface area contributed by atoms with Gasteiger partial charge in [0.15, 0.2) is 0 Å². The van der Waals surface area contributed by atoms with Crippen LogP contribution in [0.25, 0.3) is 0 Å². The van der Waals surface area contributed by atoms with Crippen LogP contribution in [0.2, 0.25) is 5.02 Å². The summed E-state index contributed by atoms with van der Waals surface area (Å²) >= 11 is 5.78. The molecule has 0 aliphatic carbocycles. The third kappa shape index (κ3) is 5.90. The average Bonchev–Trinajstić information content (AvgIpc) is 2.37. The lowest BCUT2D eigenvalue weighted by atomic mass is 10.1. The van der Waals surface area contributed by atoms with Gasteiger partial charge in [0.25, 0.3) is 0 Å². The lowest BCUT2D eigenvalue weighted by Gasteiger charge is -2.13. The van der Waals surface area contributed by atoms with Crippen LogP contribution in [0.5, 0.6) is 5.75 Å². The van der Waals surface area contributed by atoms with Crippen molar-refractivity contribution in [3.8, 4) is 5.75 Å². The van der Waals surface area contributed by atoms with Crippen LogP contribution in [0.15, 0.2) is 18.2 Å². The highest BCUT2D eigenvalue weighted by atomic mass is 35.5. The molecule has 0 bridgehead atoms. The van der Waals surface area contributed by atoms with Gasteiger partial charge in [0.1, 0.15) is 5.75 Å². The molecule has 1 unspecified atom stereocenters. The first-order valence-electron chi connectivity index (χ1n) is 5.65. The second-order valence-electron chi connectivity index (χ2n) is 3.99. The molecule has 1 aromatic carbocycles. The molecule has 1 atom stereocenters. The quantitative estimate of drug-likeness (QED) is 0.843. The summed E-state index contributed by atoms with van der Waals surface area (Å²) in [6.07, 6.45) is 0. The predicted octanol–water partition coefficient (Wildman–Crippen LogP) is 2.57. The van der Waals surface area contributed by atoms with E-state index >= 15 is 0 Å². The molecule has 4 nitrogen and oxygen atoms in total. The fourth-order valence-corrected chi connectivity index (χ4v) is 1.56. The monoisotopic (exact) mass is 328 g/mol. The van der Waals surface area contributed by atoms with Gasteiger partial charge in [-0.15, -0.1) is 12.4 Å². The highest BCUT2D eigenvalue weighted by Crippen LogP contribution is 2.24. The summed E-state index contributed by atoms with van der Waals surface area (Å²) in [6.45, 7) is -1.00. The molecule has 0 aromatic heterocycles. The zero-order valence-electron chi connectivity index (χ0n) is 10.7. The van der Waals surface area contributed by atoms with E-state index in [0.29, 0.717) is 10.6 Å². The maximum Gasteiger partial charge on any atom is 0.387 e. The van der Waals surface area contributed by atoms with Gasteiger partial charge >= 0.3 is 6.61 Å². The molecule has 1 amide bonds. The number of nitrogens with one attached hydrogen (secondary N) is 1. The van der Waals surface area contributed by atoms with Crippen LogP contribution in [-0.4, -0.2) is 19.1 Å². The van der Waals surface area contributed by atoms with Gasteiger partial charge in [-0.05, 0) is 18.2 Å². The van der Waals surface area contributed by atoms with Gasteiger partial charge in [-0.2, -0.15) is 8.78 Å². The van der Waals surface area contributed by atoms with Gasteiger partial charge in [0.2, 0.25) is 5.91 Å². The minimum absolute atomic E-state index is 0. The molecule has 20 heavy (non-hydrogen) atoms. The first-order chi connectivity index (χ1) is 8.93. The molecular formula is C12H16Cl2F2N2O2. The molecule has 114 valence electrons. The van der Waals surface area contributed by atoms with Crippen molar-refractivity contribution in [3.63, 3.8) is 0 Å². The van der Waals surface area contributed by atoms with Crippen molar-refractivity contribution in [2.45, 2.75) is 20.1 Å². The lowest BCUT2D eigenvalue weighted by molar-refractivity contribution is -0.124. The molecule has 0 fully saturated rings. The van der Waals surface area contributed by atoms with E-state index in [1.165, 1.54) is 18.2 Å². The number of halogens is 4. The van der Waals surface area contributed by atoms with Crippen LogP contribution in [-0.2, 0) is 11.3 Å². The fraction of sp³-hybridized carbons (Fsp3) is 0.417. The third-order valence-electron chi connectivity index (χ3n) is 2.49. The summed E-state index contributed by atoms with van der Waals surface area (Å²) in [5.41, 5.74) is 5.74.